The minimum absolute atomic E-state index is 0.0307. The van der Waals surface area contributed by atoms with Crippen LogP contribution >= 0.6 is 15.9 Å². The van der Waals surface area contributed by atoms with E-state index in [9.17, 15) is 9.59 Å². The summed E-state index contributed by atoms with van der Waals surface area (Å²) < 4.78 is 6.04. The van der Waals surface area contributed by atoms with Crippen molar-refractivity contribution in [1.29, 1.82) is 0 Å². The first-order chi connectivity index (χ1) is 12.6. The number of benzene rings is 2. The van der Waals surface area contributed by atoms with Gasteiger partial charge in [-0.05, 0) is 39.2 Å². The van der Waals surface area contributed by atoms with Crippen LogP contribution in [-0.4, -0.2) is 25.5 Å². The Morgan fingerprint density at radius 2 is 1.88 bits per heavy atom. The average Bonchev–Trinajstić information content (AvgIpc) is 3.03. The quantitative estimate of drug-likeness (QED) is 0.785. The molecule has 2 aromatic rings. The molecule has 0 radical (unpaired) electrons. The zero-order valence-corrected chi connectivity index (χ0v) is 16.2. The van der Waals surface area contributed by atoms with Crippen LogP contribution in [0.5, 0.6) is 0 Å². The summed E-state index contributed by atoms with van der Waals surface area (Å²) in [4.78, 5) is 26.6. The maximum absolute atomic E-state index is 12.6. The van der Waals surface area contributed by atoms with E-state index in [2.05, 4.69) is 21.2 Å². The lowest BCUT2D eigenvalue weighted by molar-refractivity contribution is -0.126. The van der Waals surface area contributed by atoms with Gasteiger partial charge in [0.2, 0.25) is 11.8 Å². The largest absolute Gasteiger partial charge is 0.380 e. The Kier molecular flexibility index (Phi) is 6.06. The number of para-hydroxylation sites is 1. The third-order valence-electron chi connectivity index (χ3n) is 4.51. The predicted molar refractivity (Wildman–Crippen MR) is 104 cm³/mol. The minimum Gasteiger partial charge on any atom is -0.380 e. The fraction of sp³-hybridized carbons (Fsp3) is 0.300. The fourth-order valence-corrected chi connectivity index (χ4v) is 3.64. The van der Waals surface area contributed by atoms with Crippen LogP contribution in [0.25, 0.3) is 0 Å². The standard InChI is InChI=1S/C20H21BrN2O3/c1-26-13-15-7-3-2-6-14(15)11-22-20(25)16-10-19(24)23(12-16)18-9-5-4-8-17(18)21/h2-9,16H,10-13H2,1H3,(H,22,25)/t16-/m1/s1. The lowest BCUT2D eigenvalue weighted by Gasteiger charge is -2.18. The maximum Gasteiger partial charge on any atom is 0.227 e. The number of carbonyl (C=O) groups excluding carboxylic acids is 2. The summed E-state index contributed by atoms with van der Waals surface area (Å²) in [5.41, 5.74) is 2.88. The zero-order chi connectivity index (χ0) is 18.5. The highest BCUT2D eigenvalue weighted by Gasteiger charge is 2.35. The van der Waals surface area contributed by atoms with Crippen molar-refractivity contribution in [2.75, 3.05) is 18.6 Å². The number of hydrogen-bond donors (Lipinski definition) is 1. The molecule has 1 aliphatic heterocycles. The van der Waals surface area contributed by atoms with E-state index in [1.165, 1.54) is 0 Å². The van der Waals surface area contributed by atoms with Gasteiger partial charge >= 0.3 is 0 Å². The predicted octanol–water partition coefficient (Wildman–Crippen LogP) is 3.26. The van der Waals surface area contributed by atoms with Gasteiger partial charge in [0, 0.05) is 31.1 Å². The van der Waals surface area contributed by atoms with E-state index in [4.69, 9.17) is 4.74 Å². The SMILES string of the molecule is COCc1ccccc1CNC(=O)[C@@H]1CC(=O)N(c2ccccc2Br)C1. The van der Waals surface area contributed by atoms with Crippen LogP contribution in [-0.2, 0) is 27.5 Å². The molecule has 26 heavy (non-hydrogen) atoms. The number of amides is 2. The molecule has 1 aliphatic rings. The molecular formula is C20H21BrN2O3. The normalized spacial score (nSPS) is 16.8. The summed E-state index contributed by atoms with van der Waals surface area (Å²) in [6.45, 7) is 1.33. The molecule has 0 unspecified atom stereocenters. The Balaban J connectivity index is 1.63. The molecule has 1 heterocycles. The molecule has 1 atom stereocenters. The van der Waals surface area contributed by atoms with E-state index >= 15 is 0 Å². The third kappa shape index (κ3) is 4.14. The van der Waals surface area contributed by atoms with E-state index < -0.39 is 0 Å². The van der Waals surface area contributed by atoms with Crippen molar-refractivity contribution in [2.45, 2.75) is 19.6 Å². The van der Waals surface area contributed by atoms with Crippen molar-refractivity contribution in [1.82, 2.24) is 5.32 Å². The summed E-state index contributed by atoms with van der Waals surface area (Å²) in [7, 11) is 1.65. The summed E-state index contributed by atoms with van der Waals surface area (Å²) >= 11 is 3.47. The lowest BCUT2D eigenvalue weighted by atomic mass is 10.1. The number of anilines is 1. The zero-order valence-electron chi connectivity index (χ0n) is 14.6. The second-order valence-electron chi connectivity index (χ2n) is 6.28. The van der Waals surface area contributed by atoms with Gasteiger partial charge in [-0.25, -0.2) is 0 Å². The number of nitrogens with one attached hydrogen (secondary N) is 1. The van der Waals surface area contributed by atoms with Gasteiger partial charge in [0.1, 0.15) is 0 Å². The van der Waals surface area contributed by atoms with E-state index in [0.29, 0.717) is 19.7 Å². The Labute approximate surface area is 161 Å². The molecule has 0 aromatic heterocycles. The summed E-state index contributed by atoms with van der Waals surface area (Å²) in [6, 6.07) is 15.4. The number of rotatable bonds is 6. The van der Waals surface area contributed by atoms with Gasteiger partial charge in [0.25, 0.3) is 0 Å². The highest BCUT2D eigenvalue weighted by atomic mass is 79.9. The highest BCUT2D eigenvalue weighted by Crippen LogP contribution is 2.31. The third-order valence-corrected chi connectivity index (χ3v) is 5.18. The number of carbonyl (C=O) groups is 2. The average molecular weight is 417 g/mol. The van der Waals surface area contributed by atoms with Gasteiger partial charge in [0.15, 0.2) is 0 Å². The van der Waals surface area contributed by atoms with E-state index in [1.54, 1.807) is 12.0 Å². The fourth-order valence-electron chi connectivity index (χ4n) is 3.14. The number of methoxy groups -OCH3 is 1. The van der Waals surface area contributed by atoms with Crippen molar-refractivity contribution < 1.29 is 14.3 Å². The van der Waals surface area contributed by atoms with Crippen LogP contribution in [0.2, 0.25) is 0 Å². The van der Waals surface area contributed by atoms with Gasteiger partial charge < -0.3 is 15.0 Å². The topological polar surface area (TPSA) is 58.6 Å². The van der Waals surface area contributed by atoms with Crippen LogP contribution in [0.15, 0.2) is 53.0 Å². The first-order valence-electron chi connectivity index (χ1n) is 8.48. The molecule has 0 bridgehead atoms. The molecule has 0 aliphatic carbocycles. The molecule has 2 aromatic carbocycles. The first-order valence-corrected chi connectivity index (χ1v) is 9.27. The molecule has 6 heteroatoms. The van der Waals surface area contributed by atoms with Gasteiger partial charge in [-0.1, -0.05) is 36.4 Å². The van der Waals surface area contributed by atoms with Crippen molar-refractivity contribution >= 4 is 33.4 Å². The second-order valence-corrected chi connectivity index (χ2v) is 7.13. The molecule has 1 fully saturated rings. The van der Waals surface area contributed by atoms with Gasteiger partial charge in [-0.2, -0.15) is 0 Å². The summed E-state index contributed by atoms with van der Waals surface area (Å²) in [6.07, 6.45) is 0.229. The molecule has 1 N–H and O–H groups in total. The number of halogens is 1. The van der Waals surface area contributed by atoms with E-state index in [0.717, 1.165) is 21.3 Å². The van der Waals surface area contributed by atoms with Crippen LogP contribution in [0.3, 0.4) is 0 Å². The van der Waals surface area contributed by atoms with Crippen molar-refractivity contribution in [3.05, 3.63) is 64.1 Å². The minimum atomic E-state index is -0.343. The van der Waals surface area contributed by atoms with E-state index in [1.807, 2.05) is 48.5 Å². The van der Waals surface area contributed by atoms with Crippen LogP contribution in [0.1, 0.15) is 17.5 Å². The smallest absolute Gasteiger partial charge is 0.227 e. The Morgan fingerprint density at radius 3 is 2.62 bits per heavy atom. The second kappa shape index (κ2) is 8.47. The number of hydrogen-bond acceptors (Lipinski definition) is 3. The Bertz CT molecular complexity index is 809. The number of ether oxygens (including phenoxy) is 1. The van der Waals surface area contributed by atoms with Gasteiger partial charge in [0.05, 0.1) is 18.2 Å². The molecule has 136 valence electrons. The van der Waals surface area contributed by atoms with Gasteiger partial charge in [-0.3, -0.25) is 9.59 Å². The van der Waals surface area contributed by atoms with Crippen LogP contribution in [0, 0.1) is 5.92 Å². The lowest BCUT2D eigenvalue weighted by Crippen LogP contribution is -2.33. The number of nitrogens with zero attached hydrogens (tertiary/aromatic N) is 1. The Hall–Kier alpha value is -2.18. The molecule has 3 rings (SSSR count). The summed E-state index contributed by atoms with van der Waals surface area (Å²) in [5, 5.41) is 2.96. The van der Waals surface area contributed by atoms with Crippen molar-refractivity contribution in [3.8, 4) is 0 Å². The summed E-state index contributed by atoms with van der Waals surface area (Å²) in [5.74, 6) is -0.471. The van der Waals surface area contributed by atoms with Crippen LogP contribution in [0.4, 0.5) is 5.69 Å². The Morgan fingerprint density at radius 1 is 1.19 bits per heavy atom. The van der Waals surface area contributed by atoms with E-state index in [-0.39, 0.29) is 24.2 Å². The molecule has 1 saturated heterocycles. The molecule has 5 nitrogen and oxygen atoms in total. The van der Waals surface area contributed by atoms with Crippen molar-refractivity contribution in [3.63, 3.8) is 0 Å². The van der Waals surface area contributed by atoms with Crippen molar-refractivity contribution in [2.24, 2.45) is 5.92 Å². The maximum atomic E-state index is 12.6. The molecular weight excluding hydrogens is 396 g/mol. The monoisotopic (exact) mass is 416 g/mol. The molecule has 0 saturated carbocycles. The molecule has 0 spiro atoms. The highest BCUT2D eigenvalue weighted by molar-refractivity contribution is 9.10. The van der Waals surface area contributed by atoms with Crippen LogP contribution < -0.4 is 10.2 Å². The molecule has 2 amide bonds. The first kappa shape index (κ1) is 18.6. The van der Waals surface area contributed by atoms with Gasteiger partial charge in [-0.15, -0.1) is 0 Å².